The molecule has 0 saturated carbocycles. The highest BCUT2D eigenvalue weighted by Crippen LogP contribution is 2.42. The summed E-state index contributed by atoms with van der Waals surface area (Å²) in [6.07, 6.45) is 12.7. The third kappa shape index (κ3) is 3.57. The Morgan fingerprint density at radius 3 is 2.24 bits per heavy atom. The Morgan fingerprint density at radius 1 is 0.653 bits per heavy atom. The molecule has 8 heteroatoms. The van der Waals surface area contributed by atoms with Crippen molar-refractivity contribution >= 4 is 68.3 Å². The van der Waals surface area contributed by atoms with E-state index >= 15 is 0 Å². The summed E-state index contributed by atoms with van der Waals surface area (Å²) in [5, 5.41) is 4.45. The quantitative estimate of drug-likeness (QED) is 0.248. The molecule has 3 aliphatic heterocycles. The number of allylic oxidation sites excluding steroid dienone is 1. The highest BCUT2D eigenvalue weighted by molar-refractivity contribution is 7.00. The van der Waals surface area contributed by atoms with Gasteiger partial charge >= 0.3 is 0 Å². The zero-order valence-corrected chi connectivity index (χ0v) is 26.3. The van der Waals surface area contributed by atoms with Crippen molar-refractivity contribution in [2.24, 2.45) is 4.99 Å². The van der Waals surface area contributed by atoms with Gasteiger partial charge in [-0.05, 0) is 71.3 Å². The van der Waals surface area contributed by atoms with Crippen molar-refractivity contribution in [3.8, 4) is 22.8 Å². The molecule has 0 N–H and O–H groups in total. The lowest BCUT2D eigenvalue weighted by Crippen LogP contribution is -2.60. The van der Waals surface area contributed by atoms with E-state index in [1.807, 2.05) is 30.9 Å². The Morgan fingerprint density at radius 2 is 1.41 bits per heavy atom. The molecule has 4 aromatic heterocycles. The number of anilines is 3. The predicted molar refractivity (Wildman–Crippen MR) is 197 cm³/mol. The number of aromatic nitrogens is 5. The fourth-order valence-electron chi connectivity index (χ4n) is 8.26. The minimum absolute atomic E-state index is 0.0261. The van der Waals surface area contributed by atoms with E-state index in [0.717, 1.165) is 62.3 Å². The van der Waals surface area contributed by atoms with E-state index in [1.54, 1.807) is 0 Å². The molecule has 0 unspecified atom stereocenters. The van der Waals surface area contributed by atoms with Gasteiger partial charge in [0.25, 0.3) is 6.71 Å². The first-order valence-electron chi connectivity index (χ1n) is 16.6. The van der Waals surface area contributed by atoms with Crippen LogP contribution >= 0.6 is 0 Å². The maximum absolute atomic E-state index is 5.10. The van der Waals surface area contributed by atoms with Gasteiger partial charge in [0.2, 0.25) is 0 Å². The highest BCUT2D eigenvalue weighted by Gasteiger charge is 2.43. The molecular weight excluding hydrogens is 601 g/mol. The predicted octanol–water partition coefficient (Wildman–Crippen LogP) is 5.36. The summed E-state index contributed by atoms with van der Waals surface area (Å²) in [6, 6.07) is 38.7. The molecule has 0 spiro atoms. The molecule has 49 heavy (non-hydrogen) atoms. The monoisotopic (exact) mass is 627 g/mol. The van der Waals surface area contributed by atoms with Crippen LogP contribution < -0.4 is 32.0 Å². The molecule has 0 aliphatic carbocycles. The van der Waals surface area contributed by atoms with E-state index in [4.69, 9.17) is 19.9 Å². The van der Waals surface area contributed by atoms with Gasteiger partial charge in [-0.2, -0.15) is 0 Å². The summed E-state index contributed by atoms with van der Waals surface area (Å²) < 4.78 is 4.89. The number of fused-ring (bicyclic) bond motifs is 9. The van der Waals surface area contributed by atoms with Gasteiger partial charge in [-0.1, -0.05) is 72.8 Å². The van der Waals surface area contributed by atoms with Gasteiger partial charge in [-0.15, -0.1) is 0 Å². The lowest BCUT2D eigenvalue weighted by atomic mass is 9.34. The van der Waals surface area contributed by atoms with Crippen LogP contribution in [0.25, 0.3) is 50.8 Å². The number of para-hydroxylation sites is 3. The summed E-state index contributed by atoms with van der Waals surface area (Å²) >= 11 is 0. The average Bonchev–Trinajstić information content (AvgIpc) is 3.55. The second-order valence-electron chi connectivity index (χ2n) is 12.7. The normalized spacial score (nSPS) is 13.8. The van der Waals surface area contributed by atoms with E-state index in [2.05, 4.69) is 129 Å². The molecule has 3 aliphatic rings. The van der Waals surface area contributed by atoms with E-state index in [0.29, 0.717) is 5.82 Å². The topological polar surface area (TPSA) is 64.1 Å². The number of benzene rings is 4. The largest absolute Gasteiger partial charge is 0.296 e. The van der Waals surface area contributed by atoms with Crippen molar-refractivity contribution < 1.29 is 0 Å². The van der Waals surface area contributed by atoms with Crippen LogP contribution in [0.1, 0.15) is 6.42 Å². The molecule has 4 aromatic carbocycles. The Bertz CT molecular complexity index is 2800. The minimum Gasteiger partial charge on any atom is -0.296 e. The molecule has 0 radical (unpaired) electrons. The summed E-state index contributed by atoms with van der Waals surface area (Å²) in [4.78, 5) is 21.9. The van der Waals surface area contributed by atoms with Crippen LogP contribution in [0.4, 0.5) is 17.2 Å². The lowest BCUT2D eigenvalue weighted by molar-refractivity contribution is 0.999. The van der Waals surface area contributed by atoms with Crippen molar-refractivity contribution in [3.05, 3.63) is 151 Å². The van der Waals surface area contributed by atoms with Gasteiger partial charge in [-0.25, -0.2) is 15.0 Å². The molecule has 0 fully saturated rings. The van der Waals surface area contributed by atoms with Crippen LogP contribution in [-0.4, -0.2) is 30.8 Å². The number of pyridine rings is 1. The zero-order chi connectivity index (χ0) is 32.1. The van der Waals surface area contributed by atoms with Gasteiger partial charge in [0, 0.05) is 58.5 Å². The molecule has 0 saturated heterocycles. The highest BCUT2D eigenvalue weighted by atomic mass is 15.2. The molecule has 11 rings (SSSR count). The van der Waals surface area contributed by atoms with Gasteiger partial charge in [0.05, 0.1) is 21.6 Å². The number of rotatable bonds is 3. The van der Waals surface area contributed by atoms with Crippen molar-refractivity contribution in [3.63, 3.8) is 0 Å². The summed E-state index contributed by atoms with van der Waals surface area (Å²) in [6.45, 7) is -0.0261. The summed E-state index contributed by atoms with van der Waals surface area (Å²) in [7, 11) is 0. The maximum atomic E-state index is 5.10. The van der Waals surface area contributed by atoms with Crippen molar-refractivity contribution in [2.45, 2.75) is 6.42 Å². The molecule has 228 valence electrons. The Kier molecular flexibility index (Phi) is 5.40. The lowest BCUT2D eigenvalue weighted by Gasteiger charge is -2.39. The molecule has 0 bridgehead atoms. The average molecular weight is 628 g/mol. The van der Waals surface area contributed by atoms with Gasteiger partial charge in [-0.3, -0.25) is 19.0 Å². The third-order valence-electron chi connectivity index (χ3n) is 10.1. The number of hydrogen-bond acceptors (Lipinski definition) is 5. The van der Waals surface area contributed by atoms with Crippen LogP contribution in [0.15, 0.2) is 145 Å². The Labute approximate surface area is 281 Å². The van der Waals surface area contributed by atoms with Crippen LogP contribution in [0.3, 0.4) is 0 Å². The summed E-state index contributed by atoms with van der Waals surface area (Å²) in [5.41, 5.74) is 11.3. The van der Waals surface area contributed by atoms with E-state index in [-0.39, 0.29) is 6.71 Å². The SMILES string of the molecule is C1=CN=c2c(n(-c3ccccc3)c3c2c2cccc4c2n3-c2cc(-c3ncccn3)cc3c2B4c2cccnc2N3c2ccccc2)=CC1. The molecule has 7 heterocycles. The van der Waals surface area contributed by atoms with E-state index in [9.17, 15) is 0 Å². The first-order chi connectivity index (χ1) is 24.4. The fraction of sp³-hybridized carbons (Fsp3) is 0.0244. The molecular formula is C41H26BN7. The second-order valence-corrected chi connectivity index (χ2v) is 12.7. The van der Waals surface area contributed by atoms with Crippen LogP contribution in [-0.2, 0) is 0 Å². The third-order valence-corrected chi connectivity index (χ3v) is 10.1. The number of nitrogens with zero attached hydrogens (tertiary/aromatic N) is 7. The molecule has 0 atom stereocenters. The van der Waals surface area contributed by atoms with E-state index in [1.165, 1.54) is 27.3 Å². The minimum atomic E-state index is -0.0261. The smallest absolute Gasteiger partial charge is 0.254 e. The first-order valence-corrected chi connectivity index (χ1v) is 16.6. The van der Waals surface area contributed by atoms with Crippen LogP contribution in [0, 0.1) is 0 Å². The first kappa shape index (κ1) is 26.5. The number of hydrogen-bond donors (Lipinski definition) is 0. The Hall–Kier alpha value is -6.54. The standard InChI is InChI=1S/C41H26BN7/c1-3-12-27(13-4-1)47-33-24-26(39-44-22-11-23-45-39)25-34-36(33)42(31-18-10-21-46-40(31)47)30-17-9-16-29-35-37-32(19-7-8-20-43-37)48(28-14-5-2-6-15-28)41(35)49(34)38(29)30/h1-6,8-25H,7H2. The van der Waals surface area contributed by atoms with Gasteiger partial charge < -0.3 is 0 Å². The van der Waals surface area contributed by atoms with Gasteiger partial charge in [0.1, 0.15) is 11.5 Å². The zero-order valence-electron chi connectivity index (χ0n) is 26.3. The summed E-state index contributed by atoms with van der Waals surface area (Å²) in [5.74, 6) is 1.61. The molecule has 8 aromatic rings. The van der Waals surface area contributed by atoms with Crippen molar-refractivity contribution in [1.29, 1.82) is 0 Å². The molecule has 7 nitrogen and oxygen atoms in total. The van der Waals surface area contributed by atoms with E-state index < -0.39 is 0 Å². The second kappa shape index (κ2) is 9.98. The van der Waals surface area contributed by atoms with Crippen LogP contribution in [0.5, 0.6) is 0 Å². The van der Waals surface area contributed by atoms with Crippen molar-refractivity contribution in [1.82, 2.24) is 24.1 Å². The fourth-order valence-corrected chi connectivity index (χ4v) is 8.26. The van der Waals surface area contributed by atoms with Crippen molar-refractivity contribution in [2.75, 3.05) is 4.90 Å². The molecule has 0 amide bonds. The maximum Gasteiger partial charge on any atom is 0.254 e. The van der Waals surface area contributed by atoms with Crippen LogP contribution in [0.2, 0.25) is 0 Å². The van der Waals surface area contributed by atoms with Gasteiger partial charge in [0.15, 0.2) is 5.82 Å². The Balaban J connectivity index is 1.38.